The zero-order valence-corrected chi connectivity index (χ0v) is 24.3. The average Bonchev–Trinajstić information content (AvgIpc) is 2.98. The Balaban J connectivity index is 1.30. The fourth-order valence-electron chi connectivity index (χ4n) is 3.69. The zero-order chi connectivity index (χ0) is 29.0. The lowest BCUT2D eigenvalue weighted by molar-refractivity contribution is -0.118. The van der Waals surface area contributed by atoms with Gasteiger partial charge in [0.1, 0.15) is 12.4 Å². The first-order valence-electron chi connectivity index (χ1n) is 13.0. The first-order chi connectivity index (χ1) is 19.9. The van der Waals surface area contributed by atoms with E-state index in [2.05, 4.69) is 31.8 Å². The van der Waals surface area contributed by atoms with Crippen LogP contribution in [0.15, 0.2) is 101 Å². The van der Waals surface area contributed by atoms with Gasteiger partial charge in [0, 0.05) is 11.3 Å². The van der Waals surface area contributed by atoms with Gasteiger partial charge in [-0.3, -0.25) is 9.59 Å². The van der Waals surface area contributed by atoms with Crippen molar-refractivity contribution in [2.24, 2.45) is 5.10 Å². The number of hydrazone groups is 1. The summed E-state index contributed by atoms with van der Waals surface area (Å²) in [6.07, 6.45) is 1.51. The molecule has 0 fully saturated rings. The maximum atomic E-state index is 12.7. The summed E-state index contributed by atoms with van der Waals surface area (Å²) in [6, 6.07) is 27.6. The van der Waals surface area contributed by atoms with E-state index in [1.807, 2.05) is 68.4 Å². The number of halogens is 1. The highest BCUT2D eigenvalue weighted by Crippen LogP contribution is 2.29. The molecule has 4 aromatic rings. The van der Waals surface area contributed by atoms with Gasteiger partial charge in [-0.1, -0.05) is 48.0 Å². The second-order valence-electron chi connectivity index (χ2n) is 8.96. The second-order valence-corrected chi connectivity index (χ2v) is 9.82. The maximum absolute atomic E-state index is 12.7. The van der Waals surface area contributed by atoms with Crippen LogP contribution >= 0.6 is 15.9 Å². The van der Waals surface area contributed by atoms with Gasteiger partial charge in [-0.05, 0) is 89.4 Å². The number of carbonyl (C=O) groups is 2. The van der Waals surface area contributed by atoms with Crippen LogP contribution in [-0.4, -0.2) is 31.2 Å². The van der Waals surface area contributed by atoms with Crippen LogP contribution in [0.25, 0.3) is 0 Å². The highest BCUT2D eigenvalue weighted by atomic mass is 79.9. The van der Waals surface area contributed by atoms with Crippen molar-refractivity contribution >= 4 is 39.6 Å². The third-order valence-corrected chi connectivity index (χ3v) is 6.39. The van der Waals surface area contributed by atoms with Crippen LogP contribution in [0, 0.1) is 6.92 Å². The Kier molecular flexibility index (Phi) is 10.5. The fraction of sp³-hybridized carbons (Fsp3) is 0.156. The molecule has 9 heteroatoms. The Morgan fingerprint density at radius 3 is 2.34 bits per heavy atom. The third-order valence-electron chi connectivity index (χ3n) is 5.77. The van der Waals surface area contributed by atoms with Crippen LogP contribution in [0.4, 0.5) is 5.69 Å². The Bertz CT molecular complexity index is 1510. The Hall–Kier alpha value is -4.63. The number of anilines is 1. The molecule has 8 nitrogen and oxygen atoms in total. The lowest BCUT2D eigenvalue weighted by atomic mass is 10.2. The minimum atomic E-state index is -0.393. The number of nitrogens with zero attached hydrogens (tertiary/aromatic N) is 1. The Morgan fingerprint density at radius 1 is 0.854 bits per heavy atom. The van der Waals surface area contributed by atoms with E-state index in [1.165, 1.54) is 6.21 Å². The van der Waals surface area contributed by atoms with Gasteiger partial charge < -0.3 is 19.5 Å². The van der Waals surface area contributed by atoms with E-state index in [9.17, 15) is 9.59 Å². The predicted molar refractivity (Wildman–Crippen MR) is 163 cm³/mol. The van der Waals surface area contributed by atoms with Gasteiger partial charge in [0.15, 0.2) is 18.1 Å². The monoisotopic (exact) mass is 615 g/mol. The number of hydrogen-bond donors (Lipinski definition) is 2. The van der Waals surface area contributed by atoms with Crippen molar-refractivity contribution in [3.63, 3.8) is 0 Å². The number of nitrogens with one attached hydrogen (secondary N) is 2. The molecule has 210 valence electrons. The minimum absolute atomic E-state index is 0.143. The van der Waals surface area contributed by atoms with Crippen molar-refractivity contribution in [1.29, 1.82) is 0 Å². The number of rotatable bonds is 12. The molecule has 0 aliphatic heterocycles. The third kappa shape index (κ3) is 8.94. The zero-order valence-electron chi connectivity index (χ0n) is 22.7. The van der Waals surface area contributed by atoms with Crippen molar-refractivity contribution in [2.75, 3.05) is 18.5 Å². The molecular formula is C32H30BrN3O5. The van der Waals surface area contributed by atoms with Crippen molar-refractivity contribution in [3.8, 4) is 17.2 Å². The van der Waals surface area contributed by atoms with Crippen molar-refractivity contribution < 1.29 is 23.8 Å². The second kappa shape index (κ2) is 14.7. The SMILES string of the molecule is CCOc1cc(C(=O)N/N=C/c2ccc(OCC(=O)Nc3ccc(C)cc3)c(Br)c2)ccc1OCc1ccccc1. The number of benzene rings is 4. The van der Waals surface area contributed by atoms with E-state index in [0.717, 1.165) is 11.1 Å². The van der Waals surface area contributed by atoms with Gasteiger partial charge in [0.2, 0.25) is 0 Å². The van der Waals surface area contributed by atoms with Crippen molar-refractivity contribution in [2.45, 2.75) is 20.5 Å². The first kappa shape index (κ1) is 29.4. The summed E-state index contributed by atoms with van der Waals surface area (Å²) in [4.78, 5) is 24.9. The van der Waals surface area contributed by atoms with E-state index in [0.29, 0.717) is 51.7 Å². The molecule has 0 bridgehead atoms. The van der Waals surface area contributed by atoms with Gasteiger partial charge in [-0.15, -0.1) is 0 Å². The molecule has 0 unspecified atom stereocenters. The molecule has 0 radical (unpaired) electrons. The average molecular weight is 617 g/mol. The molecule has 41 heavy (non-hydrogen) atoms. The Labute approximate surface area is 247 Å². The number of ether oxygens (including phenoxy) is 3. The summed E-state index contributed by atoms with van der Waals surface area (Å²) in [7, 11) is 0. The maximum Gasteiger partial charge on any atom is 0.271 e. The molecule has 0 saturated carbocycles. The van der Waals surface area contributed by atoms with E-state index >= 15 is 0 Å². The van der Waals surface area contributed by atoms with E-state index < -0.39 is 5.91 Å². The lowest BCUT2D eigenvalue weighted by Crippen LogP contribution is -2.20. The molecule has 4 aromatic carbocycles. The van der Waals surface area contributed by atoms with Crippen LogP contribution in [0.5, 0.6) is 17.2 Å². The molecule has 0 aliphatic rings. The Morgan fingerprint density at radius 2 is 1.61 bits per heavy atom. The van der Waals surface area contributed by atoms with Crippen molar-refractivity contribution in [1.82, 2.24) is 5.43 Å². The topological polar surface area (TPSA) is 98.3 Å². The van der Waals surface area contributed by atoms with Crippen LogP contribution in [0.3, 0.4) is 0 Å². The van der Waals surface area contributed by atoms with Crippen LogP contribution < -0.4 is 25.0 Å². The van der Waals surface area contributed by atoms with Gasteiger partial charge >= 0.3 is 0 Å². The standard InChI is InChI=1S/C32H30BrN3O5/c1-3-39-30-18-25(12-16-29(30)40-20-23-7-5-4-6-8-23)32(38)36-34-19-24-11-15-28(27(33)17-24)41-21-31(37)35-26-13-9-22(2)10-14-26/h4-19H,3,20-21H2,1-2H3,(H,35,37)(H,36,38)/b34-19+. The summed E-state index contributed by atoms with van der Waals surface area (Å²) in [5.41, 5.74) is 6.47. The molecule has 0 saturated heterocycles. The summed E-state index contributed by atoms with van der Waals surface area (Å²) >= 11 is 3.46. The fourth-order valence-corrected chi connectivity index (χ4v) is 4.20. The molecule has 0 spiro atoms. The summed E-state index contributed by atoms with van der Waals surface area (Å²) in [5, 5.41) is 6.86. The predicted octanol–water partition coefficient (Wildman–Crippen LogP) is 6.52. The molecular weight excluding hydrogens is 586 g/mol. The molecule has 0 heterocycles. The number of carbonyl (C=O) groups excluding carboxylic acids is 2. The van der Waals surface area contributed by atoms with Crippen LogP contribution in [0.1, 0.15) is 34.0 Å². The number of amides is 2. The number of aryl methyl sites for hydroxylation is 1. The van der Waals surface area contributed by atoms with Crippen LogP contribution in [-0.2, 0) is 11.4 Å². The normalized spacial score (nSPS) is 10.7. The van der Waals surface area contributed by atoms with E-state index in [1.54, 1.807) is 36.4 Å². The van der Waals surface area contributed by atoms with Crippen LogP contribution in [0.2, 0.25) is 0 Å². The van der Waals surface area contributed by atoms with Gasteiger partial charge in [-0.2, -0.15) is 5.10 Å². The lowest BCUT2D eigenvalue weighted by Gasteiger charge is -2.13. The molecule has 2 N–H and O–H groups in total. The first-order valence-corrected chi connectivity index (χ1v) is 13.8. The van der Waals surface area contributed by atoms with Gasteiger partial charge in [0.25, 0.3) is 11.8 Å². The molecule has 2 amide bonds. The minimum Gasteiger partial charge on any atom is -0.490 e. The molecule has 0 aliphatic carbocycles. The molecule has 0 atom stereocenters. The molecule has 4 rings (SSSR count). The van der Waals surface area contributed by atoms with Crippen molar-refractivity contribution in [3.05, 3.63) is 118 Å². The quantitative estimate of drug-likeness (QED) is 0.140. The highest BCUT2D eigenvalue weighted by Gasteiger charge is 2.12. The summed E-state index contributed by atoms with van der Waals surface area (Å²) < 4.78 is 17.9. The van der Waals surface area contributed by atoms with Gasteiger partial charge in [0.05, 0.1) is 17.3 Å². The van der Waals surface area contributed by atoms with E-state index in [-0.39, 0.29) is 12.5 Å². The largest absolute Gasteiger partial charge is 0.490 e. The van der Waals surface area contributed by atoms with E-state index in [4.69, 9.17) is 14.2 Å². The highest BCUT2D eigenvalue weighted by molar-refractivity contribution is 9.10. The summed E-state index contributed by atoms with van der Waals surface area (Å²) in [5.74, 6) is 0.874. The number of hydrogen-bond acceptors (Lipinski definition) is 6. The van der Waals surface area contributed by atoms with Gasteiger partial charge in [-0.25, -0.2) is 5.43 Å². The smallest absolute Gasteiger partial charge is 0.271 e. The molecule has 0 aromatic heterocycles. The summed E-state index contributed by atoms with van der Waals surface area (Å²) in [6.45, 7) is 4.52.